The van der Waals surface area contributed by atoms with E-state index in [1.807, 2.05) is 6.26 Å². The van der Waals surface area contributed by atoms with Crippen molar-refractivity contribution in [3.63, 3.8) is 0 Å². The lowest BCUT2D eigenvalue weighted by Gasteiger charge is -2.36. The van der Waals surface area contributed by atoms with Crippen molar-refractivity contribution in [3.8, 4) is 5.75 Å². The van der Waals surface area contributed by atoms with Crippen LogP contribution in [0.15, 0.2) is 24.3 Å². The van der Waals surface area contributed by atoms with Gasteiger partial charge in [-0.2, -0.15) is 11.8 Å². The van der Waals surface area contributed by atoms with E-state index in [1.54, 1.807) is 52.9 Å². The zero-order chi connectivity index (χ0) is 19.8. The molecule has 1 atom stereocenters. The van der Waals surface area contributed by atoms with Gasteiger partial charge in [-0.1, -0.05) is 0 Å². The molecule has 1 aliphatic rings. The monoisotopic (exact) mass is 393 g/mol. The number of carbonyl (C=O) groups excluding carboxylic acids is 3. The average Bonchev–Trinajstić information content (AvgIpc) is 2.70. The van der Waals surface area contributed by atoms with Crippen LogP contribution in [0.4, 0.5) is 0 Å². The van der Waals surface area contributed by atoms with Crippen molar-refractivity contribution in [2.75, 3.05) is 45.3 Å². The van der Waals surface area contributed by atoms with Gasteiger partial charge in [0.15, 0.2) is 0 Å². The molecule has 1 N–H and O–H groups in total. The molecule has 1 aromatic carbocycles. The average molecular weight is 394 g/mol. The molecular formula is C19H27N3O4S. The first-order valence-corrected chi connectivity index (χ1v) is 10.3. The van der Waals surface area contributed by atoms with Crippen LogP contribution in [0.1, 0.15) is 23.7 Å². The Labute approximate surface area is 164 Å². The third kappa shape index (κ3) is 5.89. The fraction of sp³-hybridized carbons (Fsp3) is 0.526. The molecule has 1 aromatic rings. The predicted molar refractivity (Wildman–Crippen MR) is 106 cm³/mol. The second-order valence-electron chi connectivity index (χ2n) is 6.37. The summed E-state index contributed by atoms with van der Waals surface area (Å²) in [5.41, 5.74) is 0.485. The van der Waals surface area contributed by atoms with Crippen LogP contribution in [0.5, 0.6) is 5.75 Å². The minimum atomic E-state index is -0.573. The largest absolute Gasteiger partial charge is 0.497 e. The van der Waals surface area contributed by atoms with Crippen molar-refractivity contribution in [3.05, 3.63) is 29.8 Å². The fourth-order valence-corrected chi connectivity index (χ4v) is 3.41. The van der Waals surface area contributed by atoms with Crippen LogP contribution in [0.2, 0.25) is 0 Å². The molecule has 1 fully saturated rings. The van der Waals surface area contributed by atoms with Gasteiger partial charge in [0, 0.05) is 38.7 Å². The molecule has 0 radical (unpaired) electrons. The van der Waals surface area contributed by atoms with Crippen molar-refractivity contribution in [1.82, 2.24) is 15.1 Å². The smallest absolute Gasteiger partial charge is 0.251 e. The summed E-state index contributed by atoms with van der Waals surface area (Å²) in [4.78, 5) is 40.4. The lowest BCUT2D eigenvalue weighted by atomic mass is 10.1. The van der Waals surface area contributed by atoms with Crippen LogP contribution in [0, 0.1) is 0 Å². The molecule has 1 aliphatic heterocycles. The normalized spacial score (nSPS) is 15.2. The van der Waals surface area contributed by atoms with Gasteiger partial charge in [-0.25, -0.2) is 0 Å². The first-order valence-electron chi connectivity index (χ1n) is 8.94. The zero-order valence-electron chi connectivity index (χ0n) is 16.1. The van der Waals surface area contributed by atoms with E-state index < -0.39 is 6.04 Å². The number of hydrogen-bond donors (Lipinski definition) is 1. The molecule has 1 saturated heterocycles. The highest BCUT2D eigenvalue weighted by atomic mass is 32.2. The highest BCUT2D eigenvalue weighted by Gasteiger charge is 2.29. The number of nitrogens with zero attached hydrogens (tertiary/aromatic N) is 2. The molecule has 27 heavy (non-hydrogen) atoms. The van der Waals surface area contributed by atoms with Gasteiger partial charge >= 0.3 is 0 Å². The summed E-state index contributed by atoms with van der Waals surface area (Å²) in [6.45, 7) is 3.58. The van der Waals surface area contributed by atoms with Crippen molar-refractivity contribution in [2.24, 2.45) is 0 Å². The summed E-state index contributed by atoms with van der Waals surface area (Å²) in [6, 6.07) is 6.21. The Morgan fingerprint density at radius 3 is 2.22 bits per heavy atom. The van der Waals surface area contributed by atoms with Gasteiger partial charge in [0.2, 0.25) is 11.8 Å². The van der Waals surface area contributed by atoms with Crippen molar-refractivity contribution < 1.29 is 19.1 Å². The molecule has 0 saturated carbocycles. The second-order valence-corrected chi connectivity index (χ2v) is 7.35. The van der Waals surface area contributed by atoms with Crippen molar-refractivity contribution in [2.45, 2.75) is 19.4 Å². The summed E-state index contributed by atoms with van der Waals surface area (Å²) < 4.78 is 5.10. The molecule has 0 aromatic heterocycles. The molecule has 0 spiro atoms. The molecule has 2 rings (SSSR count). The van der Waals surface area contributed by atoms with E-state index in [-0.39, 0.29) is 17.7 Å². The van der Waals surface area contributed by atoms with Gasteiger partial charge in [-0.3, -0.25) is 14.4 Å². The van der Waals surface area contributed by atoms with E-state index in [9.17, 15) is 14.4 Å². The molecule has 148 valence electrons. The number of benzene rings is 1. The highest BCUT2D eigenvalue weighted by Crippen LogP contribution is 2.13. The van der Waals surface area contributed by atoms with Gasteiger partial charge in [0.05, 0.1) is 7.11 Å². The van der Waals surface area contributed by atoms with Crippen molar-refractivity contribution >= 4 is 29.5 Å². The van der Waals surface area contributed by atoms with E-state index in [0.29, 0.717) is 43.9 Å². The Kier molecular flexibility index (Phi) is 7.97. The number of nitrogens with one attached hydrogen (secondary N) is 1. The number of piperazine rings is 1. The summed E-state index contributed by atoms with van der Waals surface area (Å²) in [6.07, 6.45) is 2.53. The Balaban J connectivity index is 2.01. The predicted octanol–water partition coefficient (Wildman–Crippen LogP) is 1.24. The maximum Gasteiger partial charge on any atom is 0.251 e. The molecule has 8 heteroatoms. The minimum absolute atomic E-state index is 0.0221. The Bertz CT molecular complexity index is 657. The first-order chi connectivity index (χ1) is 13.0. The molecular weight excluding hydrogens is 366 g/mol. The number of carbonyl (C=O) groups is 3. The number of hydrogen-bond acceptors (Lipinski definition) is 5. The summed E-state index contributed by atoms with van der Waals surface area (Å²) >= 11 is 1.63. The Morgan fingerprint density at radius 2 is 1.70 bits per heavy atom. The van der Waals surface area contributed by atoms with Gasteiger partial charge in [-0.05, 0) is 42.7 Å². The number of methoxy groups -OCH3 is 1. The molecule has 3 amide bonds. The third-order valence-electron chi connectivity index (χ3n) is 4.60. The van der Waals surface area contributed by atoms with E-state index in [2.05, 4.69) is 5.32 Å². The zero-order valence-corrected chi connectivity index (χ0v) is 16.9. The lowest BCUT2D eigenvalue weighted by Crippen LogP contribution is -2.55. The third-order valence-corrected chi connectivity index (χ3v) is 5.25. The molecule has 7 nitrogen and oxygen atoms in total. The Hall–Kier alpha value is -2.22. The fourth-order valence-electron chi connectivity index (χ4n) is 2.94. The maximum atomic E-state index is 12.9. The van der Waals surface area contributed by atoms with Crippen LogP contribution < -0.4 is 10.1 Å². The van der Waals surface area contributed by atoms with Crippen LogP contribution >= 0.6 is 11.8 Å². The number of thioether (sulfide) groups is 1. The summed E-state index contributed by atoms with van der Waals surface area (Å²) in [5.74, 6) is 1.10. The highest BCUT2D eigenvalue weighted by molar-refractivity contribution is 7.98. The SMILES string of the molecule is COc1ccc(C(=O)NC(CCSC)C(=O)N2CCN(C(C)=O)CC2)cc1. The van der Waals surface area contributed by atoms with Crippen LogP contribution in [-0.2, 0) is 9.59 Å². The molecule has 1 unspecified atom stereocenters. The van der Waals surface area contributed by atoms with Gasteiger partial charge in [0.1, 0.15) is 11.8 Å². The maximum absolute atomic E-state index is 12.9. The van der Waals surface area contributed by atoms with E-state index in [1.165, 1.54) is 6.92 Å². The molecule has 1 heterocycles. The van der Waals surface area contributed by atoms with Crippen molar-refractivity contribution in [1.29, 1.82) is 0 Å². The quantitative estimate of drug-likeness (QED) is 0.754. The van der Waals surface area contributed by atoms with Gasteiger partial charge in [-0.15, -0.1) is 0 Å². The Morgan fingerprint density at radius 1 is 1.11 bits per heavy atom. The second kappa shape index (κ2) is 10.2. The molecule has 0 bridgehead atoms. The number of ether oxygens (including phenoxy) is 1. The number of amides is 3. The molecule has 0 aliphatic carbocycles. The minimum Gasteiger partial charge on any atom is -0.497 e. The standard InChI is InChI=1S/C19H27N3O4S/c1-14(23)21-9-11-22(12-10-21)19(25)17(8-13-27-3)20-18(24)15-4-6-16(26-2)7-5-15/h4-7,17H,8-13H2,1-3H3,(H,20,24). The first kappa shape index (κ1) is 21.1. The summed E-state index contributed by atoms with van der Waals surface area (Å²) in [5, 5.41) is 2.87. The van der Waals surface area contributed by atoms with Crippen LogP contribution in [0.3, 0.4) is 0 Å². The van der Waals surface area contributed by atoms with Crippen LogP contribution in [0.25, 0.3) is 0 Å². The van der Waals surface area contributed by atoms with E-state index in [4.69, 9.17) is 4.74 Å². The van der Waals surface area contributed by atoms with E-state index in [0.717, 1.165) is 5.75 Å². The lowest BCUT2D eigenvalue weighted by molar-refractivity contribution is -0.139. The van der Waals surface area contributed by atoms with Gasteiger partial charge < -0.3 is 19.9 Å². The summed E-state index contributed by atoms with van der Waals surface area (Å²) in [7, 11) is 1.57. The topological polar surface area (TPSA) is 79.0 Å². The number of rotatable bonds is 7. The van der Waals surface area contributed by atoms with Crippen LogP contribution in [-0.4, -0.2) is 78.9 Å². The van der Waals surface area contributed by atoms with E-state index >= 15 is 0 Å². The van der Waals surface area contributed by atoms with Gasteiger partial charge in [0.25, 0.3) is 5.91 Å².